The van der Waals surface area contributed by atoms with Gasteiger partial charge < -0.3 is 19.5 Å². The van der Waals surface area contributed by atoms with Gasteiger partial charge in [0.1, 0.15) is 23.1 Å². The Morgan fingerprint density at radius 2 is 1.68 bits per heavy atom. The van der Waals surface area contributed by atoms with E-state index in [1.807, 2.05) is 38.2 Å². The number of hydrogen-bond donors (Lipinski definition) is 1. The summed E-state index contributed by atoms with van der Waals surface area (Å²) in [6, 6.07) is 8.77. The van der Waals surface area contributed by atoms with Crippen LogP contribution in [0.4, 0.5) is 14.6 Å². The molecule has 2 atom stereocenters. The molecule has 192 valence electrons. The van der Waals surface area contributed by atoms with Gasteiger partial charge in [-0.2, -0.15) is 0 Å². The largest absolute Gasteiger partial charge is 0.381 e. The zero-order chi connectivity index (χ0) is 26.5. The number of aliphatic hydroxyl groups is 1. The Kier molecular flexibility index (Phi) is 6.19. The third-order valence-electron chi connectivity index (χ3n) is 6.86. The van der Waals surface area contributed by atoms with Crippen molar-refractivity contribution in [2.45, 2.75) is 45.4 Å². The minimum Gasteiger partial charge on any atom is -0.381 e. The lowest BCUT2D eigenvalue weighted by Gasteiger charge is -2.46. The van der Waals surface area contributed by atoms with Crippen LogP contribution in [0.1, 0.15) is 27.7 Å². The highest BCUT2D eigenvalue weighted by Crippen LogP contribution is 2.39. The fourth-order valence-electron chi connectivity index (χ4n) is 5.08. The van der Waals surface area contributed by atoms with Crippen LogP contribution in [0.2, 0.25) is 0 Å². The molecule has 1 aromatic carbocycles. The molecule has 0 bridgehead atoms. The number of benzene rings is 1. The van der Waals surface area contributed by atoms with Crippen LogP contribution < -0.4 is 4.90 Å². The normalized spacial score (nSPS) is 18.5. The quantitative estimate of drug-likeness (QED) is 0.440. The number of halogens is 2. The van der Waals surface area contributed by atoms with Gasteiger partial charge in [0.25, 0.3) is 5.91 Å². The van der Waals surface area contributed by atoms with Gasteiger partial charge in [-0.1, -0.05) is 0 Å². The molecule has 3 aromatic heterocycles. The van der Waals surface area contributed by atoms with Crippen molar-refractivity contribution in [3.8, 4) is 16.8 Å². The summed E-state index contributed by atoms with van der Waals surface area (Å²) in [5.74, 6) is -0.915. The standard InChI is InChI=1S/C28H29F2N5O2/c1-17-15-34(27(36)28(3,4)37)18(2)14-33(17)26-25-23(19-5-8-31-9-6-19)16-35(24(25)7-10-32-26)22-12-20(29)11-21(30)13-22/h5-13,16-18,37H,14-15H2,1-4H3/t17-,18+/m0/s1. The Balaban J connectivity index is 1.66. The summed E-state index contributed by atoms with van der Waals surface area (Å²) in [7, 11) is 0. The van der Waals surface area contributed by atoms with Gasteiger partial charge in [0.15, 0.2) is 0 Å². The number of fused-ring (bicyclic) bond motifs is 1. The second kappa shape index (κ2) is 9.23. The molecule has 1 aliphatic rings. The average molecular weight is 506 g/mol. The van der Waals surface area contributed by atoms with Crippen molar-refractivity contribution >= 4 is 22.6 Å². The number of piperazine rings is 1. The highest BCUT2D eigenvalue weighted by Gasteiger charge is 2.38. The van der Waals surface area contributed by atoms with E-state index < -0.39 is 17.2 Å². The number of nitrogens with zero attached hydrogens (tertiary/aromatic N) is 5. The Labute approximate surface area is 214 Å². The molecule has 0 radical (unpaired) electrons. The molecule has 4 aromatic rings. The molecular weight excluding hydrogens is 476 g/mol. The first kappa shape index (κ1) is 24.8. The molecule has 5 rings (SSSR count). The zero-order valence-electron chi connectivity index (χ0n) is 21.2. The monoisotopic (exact) mass is 505 g/mol. The second-order valence-electron chi connectivity index (χ2n) is 10.2. The van der Waals surface area contributed by atoms with Gasteiger partial charge in [0, 0.05) is 61.6 Å². The fraction of sp³-hybridized carbons (Fsp3) is 0.321. The van der Waals surface area contributed by atoms with E-state index >= 15 is 0 Å². The fourth-order valence-corrected chi connectivity index (χ4v) is 5.08. The van der Waals surface area contributed by atoms with Crippen LogP contribution >= 0.6 is 0 Å². The van der Waals surface area contributed by atoms with E-state index in [0.29, 0.717) is 18.8 Å². The first-order chi connectivity index (χ1) is 17.5. The van der Waals surface area contributed by atoms with Crippen LogP contribution in [-0.2, 0) is 4.79 Å². The number of carbonyl (C=O) groups excluding carboxylic acids is 1. The lowest BCUT2D eigenvalue weighted by molar-refractivity contribution is -0.151. The highest BCUT2D eigenvalue weighted by molar-refractivity contribution is 6.04. The van der Waals surface area contributed by atoms with Gasteiger partial charge in [-0.05, 0) is 63.6 Å². The lowest BCUT2D eigenvalue weighted by atomic mass is 10.0. The molecule has 1 fully saturated rings. The lowest BCUT2D eigenvalue weighted by Crippen LogP contribution is -2.61. The Morgan fingerprint density at radius 3 is 2.32 bits per heavy atom. The first-order valence-corrected chi connectivity index (χ1v) is 12.2. The molecule has 37 heavy (non-hydrogen) atoms. The number of pyridine rings is 2. The van der Waals surface area contributed by atoms with Crippen LogP contribution in [0.5, 0.6) is 0 Å². The third kappa shape index (κ3) is 4.55. The summed E-state index contributed by atoms with van der Waals surface area (Å²) < 4.78 is 30.1. The summed E-state index contributed by atoms with van der Waals surface area (Å²) in [5.41, 5.74) is 1.39. The molecule has 0 saturated carbocycles. The van der Waals surface area contributed by atoms with Crippen LogP contribution in [0, 0.1) is 11.6 Å². The molecule has 1 aliphatic heterocycles. The van der Waals surface area contributed by atoms with E-state index in [1.165, 1.54) is 26.0 Å². The third-order valence-corrected chi connectivity index (χ3v) is 6.86. The highest BCUT2D eigenvalue weighted by atomic mass is 19.1. The number of anilines is 1. The van der Waals surface area contributed by atoms with Crippen molar-refractivity contribution in [2.75, 3.05) is 18.0 Å². The molecule has 4 heterocycles. The van der Waals surface area contributed by atoms with E-state index in [0.717, 1.165) is 33.9 Å². The van der Waals surface area contributed by atoms with Crippen LogP contribution in [0.25, 0.3) is 27.7 Å². The van der Waals surface area contributed by atoms with E-state index in [4.69, 9.17) is 4.98 Å². The van der Waals surface area contributed by atoms with E-state index in [1.54, 1.807) is 28.1 Å². The van der Waals surface area contributed by atoms with Crippen molar-refractivity contribution in [3.63, 3.8) is 0 Å². The predicted octanol–water partition coefficient (Wildman–Crippen LogP) is 4.56. The van der Waals surface area contributed by atoms with Gasteiger partial charge in [-0.3, -0.25) is 9.78 Å². The number of hydrogen-bond acceptors (Lipinski definition) is 5. The minimum absolute atomic E-state index is 0.0964. The van der Waals surface area contributed by atoms with E-state index in [9.17, 15) is 18.7 Å². The number of carbonyl (C=O) groups is 1. The molecule has 1 amide bonds. The Bertz CT molecular complexity index is 1440. The van der Waals surface area contributed by atoms with Crippen molar-refractivity contribution < 1.29 is 18.7 Å². The van der Waals surface area contributed by atoms with Gasteiger partial charge in [0.2, 0.25) is 0 Å². The second-order valence-corrected chi connectivity index (χ2v) is 10.2. The van der Waals surface area contributed by atoms with Gasteiger partial charge in [0.05, 0.1) is 16.6 Å². The van der Waals surface area contributed by atoms with Crippen molar-refractivity contribution in [1.82, 2.24) is 19.4 Å². The van der Waals surface area contributed by atoms with Crippen LogP contribution in [0.3, 0.4) is 0 Å². The summed E-state index contributed by atoms with van der Waals surface area (Å²) in [6.07, 6.45) is 6.94. The van der Waals surface area contributed by atoms with E-state index in [2.05, 4.69) is 9.88 Å². The molecule has 0 unspecified atom stereocenters. The summed E-state index contributed by atoms with van der Waals surface area (Å²) in [4.78, 5) is 25.6. The predicted molar refractivity (Wildman–Crippen MR) is 138 cm³/mol. The van der Waals surface area contributed by atoms with Gasteiger partial charge in [-0.25, -0.2) is 13.8 Å². The number of rotatable bonds is 4. The smallest absolute Gasteiger partial charge is 0.254 e. The number of aromatic nitrogens is 3. The topological polar surface area (TPSA) is 74.5 Å². The summed E-state index contributed by atoms with van der Waals surface area (Å²) >= 11 is 0. The van der Waals surface area contributed by atoms with Gasteiger partial charge in [-0.15, -0.1) is 0 Å². The van der Waals surface area contributed by atoms with E-state index in [-0.39, 0.29) is 18.0 Å². The maximum absolute atomic E-state index is 14.2. The molecule has 0 spiro atoms. The molecule has 1 saturated heterocycles. The molecule has 7 nitrogen and oxygen atoms in total. The molecule has 0 aliphatic carbocycles. The maximum Gasteiger partial charge on any atom is 0.254 e. The molecule has 9 heteroatoms. The van der Waals surface area contributed by atoms with Crippen molar-refractivity contribution in [1.29, 1.82) is 0 Å². The Hall–Kier alpha value is -3.85. The maximum atomic E-state index is 14.2. The summed E-state index contributed by atoms with van der Waals surface area (Å²) in [6.45, 7) is 7.89. The average Bonchev–Trinajstić information content (AvgIpc) is 3.24. The van der Waals surface area contributed by atoms with Crippen LogP contribution in [0.15, 0.2) is 61.2 Å². The van der Waals surface area contributed by atoms with Crippen molar-refractivity contribution in [2.24, 2.45) is 0 Å². The molecular formula is C28H29F2N5O2. The zero-order valence-corrected chi connectivity index (χ0v) is 21.2. The van der Waals surface area contributed by atoms with Crippen LogP contribution in [-0.4, -0.2) is 61.2 Å². The minimum atomic E-state index is -1.46. The van der Waals surface area contributed by atoms with Gasteiger partial charge >= 0.3 is 0 Å². The number of amides is 1. The SMILES string of the molecule is C[C@@H]1CN(c2nccc3c2c(-c2ccncc2)cn3-c2cc(F)cc(F)c2)[C@@H](C)CN1C(=O)C(C)(C)O. The Morgan fingerprint density at radius 1 is 1.00 bits per heavy atom. The molecule has 1 N–H and O–H groups in total. The van der Waals surface area contributed by atoms with Crippen molar-refractivity contribution in [3.05, 3.63) is 72.8 Å². The first-order valence-electron chi connectivity index (χ1n) is 12.2. The summed E-state index contributed by atoms with van der Waals surface area (Å²) in [5, 5.41) is 11.1.